The van der Waals surface area contributed by atoms with Gasteiger partial charge in [-0.1, -0.05) is 13.8 Å². The highest BCUT2D eigenvalue weighted by Gasteiger charge is 2.24. The van der Waals surface area contributed by atoms with E-state index in [9.17, 15) is 9.36 Å². The minimum Gasteiger partial charge on any atom is -0.463 e. The first-order valence-electron chi connectivity index (χ1n) is 5.93. The van der Waals surface area contributed by atoms with Gasteiger partial charge in [0.05, 0.1) is 12.5 Å². The van der Waals surface area contributed by atoms with Gasteiger partial charge in [-0.25, -0.2) is 0 Å². The normalized spacial score (nSPS) is 15.0. The lowest BCUT2D eigenvalue weighted by Crippen LogP contribution is -2.16. The smallest absolute Gasteiger partial charge is 0.463 e. The molecule has 7 heteroatoms. The first-order chi connectivity index (χ1) is 8.51. The summed E-state index contributed by atoms with van der Waals surface area (Å²) in [5.41, 5.74) is 0. The molecule has 0 aromatic carbocycles. The van der Waals surface area contributed by atoms with E-state index in [-0.39, 0.29) is 31.2 Å². The molecule has 0 aliphatic rings. The van der Waals surface area contributed by atoms with Crippen LogP contribution in [0.5, 0.6) is 0 Å². The third-order valence-electron chi connectivity index (χ3n) is 2.21. The lowest BCUT2D eigenvalue weighted by molar-refractivity contribution is -0.148. The quantitative estimate of drug-likeness (QED) is 0.347. The Bertz CT molecular complexity index is 258. The van der Waals surface area contributed by atoms with Crippen molar-refractivity contribution >= 4 is 14.2 Å². The maximum Gasteiger partial charge on any atom is 0.697 e. The Balaban J connectivity index is 3.60. The van der Waals surface area contributed by atoms with Gasteiger partial charge in [-0.05, 0) is 13.3 Å². The van der Waals surface area contributed by atoms with Crippen LogP contribution in [0.1, 0.15) is 27.2 Å². The van der Waals surface area contributed by atoms with Crippen LogP contribution in [0.2, 0.25) is 0 Å². The van der Waals surface area contributed by atoms with E-state index >= 15 is 0 Å². The third kappa shape index (κ3) is 8.53. The summed E-state index contributed by atoms with van der Waals surface area (Å²) in [6, 6.07) is 0. The molecular formula is C11H22O6P+. The zero-order valence-electron chi connectivity index (χ0n) is 11.4. The predicted molar refractivity (Wildman–Crippen MR) is 66.4 cm³/mol. The van der Waals surface area contributed by atoms with Gasteiger partial charge < -0.3 is 9.47 Å². The van der Waals surface area contributed by atoms with Crippen LogP contribution in [0.15, 0.2) is 0 Å². The van der Waals surface area contributed by atoms with Crippen molar-refractivity contribution in [2.75, 3.05) is 26.9 Å². The molecule has 6 nitrogen and oxygen atoms in total. The van der Waals surface area contributed by atoms with E-state index in [1.54, 1.807) is 13.8 Å². The summed E-state index contributed by atoms with van der Waals surface area (Å²) in [6.07, 6.45) is 0.423. The van der Waals surface area contributed by atoms with Gasteiger partial charge in [0.25, 0.3) is 0 Å². The number of carbonyl (C=O) groups is 1. The largest absolute Gasteiger partial charge is 0.697 e. The summed E-state index contributed by atoms with van der Waals surface area (Å²) in [5, 5.41) is 0. The lowest BCUT2D eigenvalue weighted by Gasteiger charge is -2.07. The number of rotatable bonds is 10. The van der Waals surface area contributed by atoms with Crippen molar-refractivity contribution < 1.29 is 27.9 Å². The Morgan fingerprint density at radius 1 is 1.28 bits per heavy atom. The van der Waals surface area contributed by atoms with Gasteiger partial charge in [0, 0.05) is 11.7 Å². The molecule has 0 bridgehead atoms. The fourth-order valence-electron chi connectivity index (χ4n) is 1.01. The first-order valence-corrected chi connectivity index (χ1v) is 7.03. The van der Waals surface area contributed by atoms with Gasteiger partial charge >= 0.3 is 14.2 Å². The van der Waals surface area contributed by atoms with Crippen molar-refractivity contribution in [3.05, 3.63) is 0 Å². The minimum atomic E-state index is -2.20. The number of methoxy groups -OCH3 is 1. The van der Waals surface area contributed by atoms with Crippen LogP contribution < -0.4 is 0 Å². The highest BCUT2D eigenvalue weighted by atomic mass is 31.1. The van der Waals surface area contributed by atoms with Crippen molar-refractivity contribution in [1.29, 1.82) is 0 Å². The fourth-order valence-corrected chi connectivity index (χ4v) is 1.64. The molecule has 0 fully saturated rings. The molecule has 0 saturated heterocycles. The molecule has 18 heavy (non-hydrogen) atoms. The molecule has 0 aliphatic carbocycles. The molecule has 0 aromatic rings. The average Bonchev–Trinajstić information content (AvgIpc) is 2.33. The SMILES string of the molecule is CCC(C)C(=O)OCCO[P+](=O)OC(C)COC. The molecule has 3 unspecified atom stereocenters. The van der Waals surface area contributed by atoms with Gasteiger partial charge in [0.2, 0.25) is 0 Å². The summed E-state index contributed by atoms with van der Waals surface area (Å²) < 4.78 is 30.9. The highest BCUT2D eigenvalue weighted by Crippen LogP contribution is 2.25. The maximum atomic E-state index is 11.3. The molecule has 0 saturated carbocycles. The number of ether oxygens (including phenoxy) is 2. The van der Waals surface area contributed by atoms with Crippen LogP contribution in [0.25, 0.3) is 0 Å². The molecule has 0 rings (SSSR count). The standard InChI is InChI=1S/C11H22O6P/c1-5-9(2)11(12)15-6-7-16-18(13)17-10(3)8-14-4/h9-10H,5-8H2,1-4H3/q+1. The summed E-state index contributed by atoms with van der Waals surface area (Å²) in [6.45, 7) is 5.89. The van der Waals surface area contributed by atoms with Crippen LogP contribution in [0.3, 0.4) is 0 Å². The summed E-state index contributed by atoms with van der Waals surface area (Å²) in [4.78, 5) is 11.3. The summed E-state index contributed by atoms with van der Waals surface area (Å²) in [7, 11) is -0.673. The van der Waals surface area contributed by atoms with Crippen LogP contribution in [0, 0.1) is 5.92 Å². The van der Waals surface area contributed by atoms with E-state index in [0.717, 1.165) is 6.42 Å². The van der Waals surface area contributed by atoms with Crippen molar-refractivity contribution in [3.63, 3.8) is 0 Å². The molecule has 0 aromatic heterocycles. The Morgan fingerprint density at radius 3 is 2.50 bits per heavy atom. The van der Waals surface area contributed by atoms with Crippen molar-refractivity contribution in [3.8, 4) is 0 Å². The second-order valence-electron chi connectivity index (χ2n) is 3.90. The Morgan fingerprint density at radius 2 is 1.94 bits per heavy atom. The Kier molecular flexibility index (Phi) is 10.1. The molecule has 0 radical (unpaired) electrons. The van der Waals surface area contributed by atoms with Crippen LogP contribution in [-0.2, 0) is 27.9 Å². The number of hydrogen-bond donors (Lipinski definition) is 0. The van der Waals surface area contributed by atoms with Gasteiger partial charge in [0.1, 0.15) is 19.3 Å². The van der Waals surface area contributed by atoms with Crippen molar-refractivity contribution in [1.82, 2.24) is 0 Å². The predicted octanol–water partition coefficient (Wildman–Crippen LogP) is 2.30. The molecule has 0 amide bonds. The molecule has 3 atom stereocenters. The highest BCUT2D eigenvalue weighted by molar-refractivity contribution is 7.33. The molecule has 0 heterocycles. The first kappa shape index (κ1) is 17.4. The number of esters is 1. The molecule has 0 N–H and O–H groups in total. The molecular weight excluding hydrogens is 259 g/mol. The second-order valence-corrected chi connectivity index (χ2v) is 4.82. The third-order valence-corrected chi connectivity index (χ3v) is 3.13. The average molecular weight is 281 g/mol. The fraction of sp³-hybridized carbons (Fsp3) is 0.909. The minimum absolute atomic E-state index is 0.0527. The summed E-state index contributed by atoms with van der Waals surface area (Å²) >= 11 is 0. The van der Waals surface area contributed by atoms with Gasteiger partial charge in [-0.2, -0.15) is 0 Å². The van der Waals surface area contributed by atoms with E-state index in [2.05, 4.69) is 0 Å². The van der Waals surface area contributed by atoms with E-state index in [4.69, 9.17) is 18.5 Å². The number of carbonyl (C=O) groups excluding carboxylic acids is 1. The van der Waals surface area contributed by atoms with Gasteiger partial charge in [-0.15, -0.1) is 9.05 Å². The maximum absolute atomic E-state index is 11.3. The van der Waals surface area contributed by atoms with E-state index in [1.165, 1.54) is 7.11 Å². The van der Waals surface area contributed by atoms with E-state index in [0.29, 0.717) is 6.61 Å². The van der Waals surface area contributed by atoms with E-state index in [1.807, 2.05) is 6.92 Å². The molecule has 106 valence electrons. The van der Waals surface area contributed by atoms with E-state index < -0.39 is 8.25 Å². The van der Waals surface area contributed by atoms with Crippen LogP contribution >= 0.6 is 8.25 Å². The Hall–Kier alpha value is -0.550. The van der Waals surface area contributed by atoms with Crippen LogP contribution in [0.4, 0.5) is 0 Å². The van der Waals surface area contributed by atoms with Crippen LogP contribution in [-0.4, -0.2) is 39.0 Å². The van der Waals surface area contributed by atoms with Crippen molar-refractivity contribution in [2.24, 2.45) is 5.92 Å². The van der Waals surface area contributed by atoms with Crippen molar-refractivity contribution in [2.45, 2.75) is 33.3 Å². The van der Waals surface area contributed by atoms with Gasteiger partial charge in [0.15, 0.2) is 0 Å². The monoisotopic (exact) mass is 281 g/mol. The number of hydrogen-bond acceptors (Lipinski definition) is 6. The zero-order chi connectivity index (χ0) is 14.0. The topological polar surface area (TPSA) is 71.1 Å². The zero-order valence-corrected chi connectivity index (χ0v) is 12.3. The summed E-state index contributed by atoms with van der Waals surface area (Å²) in [5.74, 6) is -0.401. The molecule has 0 aliphatic heterocycles. The second kappa shape index (κ2) is 10.4. The lowest BCUT2D eigenvalue weighted by atomic mass is 10.1. The Labute approximate surface area is 109 Å². The molecule has 0 spiro atoms. The van der Waals surface area contributed by atoms with Gasteiger partial charge in [-0.3, -0.25) is 4.79 Å².